The number of nitrogens with zero attached hydrogens (tertiary/aromatic N) is 1. The highest BCUT2D eigenvalue weighted by Gasteiger charge is 2.23. The summed E-state index contributed by atoms with van der Waals surface area (Å²) in [4.78, 5) is 2.57. The van der Waals surface area contributed by atoms with Gasteiger partial charge >= 0.3 is 0 Å². The Kier molecular flexibility index (Phi) is 5.01. The third-order valence-electron chi connectivity index (χ3n) is 3.99. The summed E-state index contributed by atoms with van der Waals surface area (Å²) in [5.74, 6) is 7.00. The molecule has 0 aromatic heterocycles. The summed E-state index contributed by atoms with van der Waals surface area (Å²) in [5.41, 5.74) is 7.91. The molecule has 1 fully saturated rings. The van der Waals surface area contributed by atoms with Crippen LogP contribution in [0.1, 0.15) is 37.8 Å². The van der Waals surface area contributed by atoms with Crippen LogP contribution in [0.5, 0.6) is 0 Å². The molecule has 1 aromatic rings. The second-order valence-corrected chi connectivity index (χ2v) is 5.61. The first kappa shape index (κ1) is 14.1. The van der Waals surface area contributed by atoms with E-state index in [2.05, 4.69) is 48.8 Å². The fraction of sp³-hybridized carbons (Fsp3) is 0.529. The molecule has 2 unspecified atom stereocenters. The van der Waals surface area contributed by atoms with Crippen LogP contribution >= 0.6 is 0 Å². The zero-order valence-electron chi connectivity index (χ0n) is 12.0. The summed E-state index contributed by atoms with van der Waals surface area (Å²) in [6.07, 6.45) is 2.61. The summed E-state index contributed by atoms with van der Waals surface area (Å²) in [6, 6.07) is 9.09. The quantitative estimate of drug-likeness (QED) is 0.824. The van der Waals surface area contributed by atoms with Crippen LogP contribution in [0.3, 0.4) is 0 Å². The van der Waals surface area contributed by atoms with Crippen LogP contribution in [0.25, 0.3) is 0 Å². The lowest BCUT2D eigenvalue weighted by atomic mass is 9.92. The number of piperidine rings is 1. The van der Waals surface area contributed by atoms with Gasteiger partial charge in [-0.25, -0.2) is 0 Å². The van der Waals surface area contributed by atoms with Gasteiger partial charge in [0.1, 0.15) is 0 Å². The van der Waals surface area contributed by atoms with Crippen molar-refractivity contribution in [2.75, 3.05) is 13.1 Å². The Morgan fingerprint density at radius 3 is 2.84 bits per heavy atom. The van der Waals surface area contributed by atoms with Crippen molar-refractivity contribution in [2.24, 2.45) is 11.7 Å². The number of benzene rings is 1. The first-order valence-electron chi connectivity index (χ1n) is 7.21. The molecule has 2 nitrogen and oxygen atoms in total. The zero-order chi connectivity index (χ0) is 13.7. The first-order chi connectivity index (χ1) is 9.20. The summed E-state index contributed by atoms with van der Waals surface area (Å²) >= 11 is 0. The molecule has 1 aliphatic rings. The maximum atomic E-state index is 5.46. The highest BCUT2D eigenvalue weighted by atomic mass is 15.2. The average Bonchev–Trinajstić information content (AvgIpc) is 2.41. The van der Waals surface area contributed by atoms with E-state index in [1.807, 2.05) is 6.07 Å². The van der Waals surface area contributed by atoms with Crippen LogP contribution in [0.4, 0.5) is 0 Å². The topological polar surface area (TPSA) is 29.3 Å². The van der Waals surface area contributed by atoms with Crippen LogP contribution in [0, 0.1) is 17.8 Å². The standard InChI is InChI=1S/C17H24N2/c1-14-9-11-19(15(2)12-14)13-17-7-4-3-6-16(17)8-5-10-18/h3-4,6-7,14-15H,9-13,18H2,1-2H3. The Bertz CT molecular complexity index is 470. The number of hydrogen-bond donors (Lipinski definition) is 1. The van der Waals surface area contributed by atoms with Gasteiger partial charge in [-0.3, -0.25) is 4.90 Å². The number of nitrogens with two attached hydrogens (primary N) is 1. The van der Waals surface area contributed by atoms with Crippen LogP contribution in [-0.2, 0) is 6.54 Å². The molecule has 0 saturated carbocycles. The van der Waals surface area contributed by atoms with E-state index in [9.17, 15) is 0 Å². The van der Waals surface area contributed by atoms with E-state index in [1.54, 1.807) is 0 Å². The Morgan fingerprint density at radius 1 is 1.32 bits per heavy atom. The molecule has 1 heterocycles. The SMILES string of the molecule is CC1CCN(Cc2ccccc2C#CCN)C(C)C1. The van der Waals surface area contributed by atoms with Gasteiger partial charge in [0.05, 0.1) is 6.54 Å². The lowest BCUT2D eigenvalue weighted by molar-refractivity contribution is 0.122. The van der Waals surface area contributed by atoms with E-state index in [0.29, 0.717) is 12.6 Å². The molecule has 0 amide bonds. The molecule has 19 heavy (non-hydrogen) atoms. The van der Waals surface area contributed by atoms with Crippen LogP contribution in [0.2, 0.25) is 0 Å². The normalized spacial score (nSPS) is 23.7. The van der Waals surface area contributed by atoms with Gasteiger partial charge in [0.2, 0.25) is 0 Å². The maximum absolute atomic E-state index is 5.46. The molecule has 0 aliphatic carbocycles. The van der Waals surface area contributed by atoms with Gasteiger partial charge in [0.15, 0.2) is 0 Å². The molecule has 0 radical (unpaired) electrons. The number of rotatable bonds is 2. The van der Waals surface area contributed by atoms with E-state index >= 15 is 0 Å². The van der Waals surface area contributed by atoms with Crippen molar-refractivity contribution in [3.63, 3.8) is 0 Å². The van der Waals surface area contributed by atoms with E-state index in [4.69, 9.17) is 5.73 Å². The minimum atomic E-state index is 0.423. The first-order valence-corrected chi connectivity index (χ1v) is 7.21. The lowest BCUT2D eigenvalue weighted by Gasteiger charge is -2.36. The Balaban J connectivity index is 2.10. The zero-order valence-corrected chi connectivity index (χ0v) is 12.0. The summed E-state index contributed by atoms with van der Waals surface area (Å²) in [6.45, 7) is 7.31. The van der Waals surface area contributed by atoms with Crippen molar-refractivity contribution < 1.29 is 0 Å². The molecular formula is C17H24N2. The molecule has 2 N–H and O–H groups in total. The van der Waals surface area contributed by atoms with Gasteiger partial charge < -0.3 is 5.73 Å². The maximum Gasteiger partial charge on any atom is 0.0555 e. The van der Waals surface area contributed by atoms with Crippen molar-refractivity contribution in [3.05, 3.63) is 35.4 Å². The predicted molar refractivity (Wildman–Crippen MR) is 80.6 cm³/mol. The Labute approximate surface area is 117 Å². The summed E-state index contributed by atoms with van der Waals surface area (Å²) < 4.78 is 0. The van der Waals surface area contributed by atoms with Crippen molar-refractivity contribution >= 4 is 0 Å². The van der Waals surface area contributed by atoms with Gasteiger partial charge in [0.25, 0.3) is 0 Å². The second kappa shape index (κ2) is 6.75. The van der Waals surface area contributed by atoms with E-state index < -0.39 is 0 Å². The van der Waals surface area contributed by atoms with Gasteiger partial charge in [-0.15, -0.1) is 0 Å². The van der Waals surface area contributed by atoms with Crippen molar-refractivity contribution in [3.8, 4) is 11.8 Å². The van der Waals surface area contributed by atoms with E-state index in [0.717, 1.165) is 18.0 Å². The molecule has 2 heteroatoms. The lowest BCUT2D eigenvalue weighted by Crippen LogP contribution is -2.39. The van der Waals surface area contributed by atoms with Crippen LogP contribution < -0.4 is 5.73 Å². The van der Waals surface area contributed by atoms with E-state index in [-0.39, 0.29) is 0 Å². The van der Waals surface area contributed by atoms with Crippen molar-refractivity contribution in [2.45, 2.75) is 39.3 Å². The Hall–Kier alpha value is -1.30. The third-order valence-corrected chi connectivity index (χ3v) is 3.99. The smallest absolute Gasteiger partial charge is 0.0555 e. The molecule has 1 saturated heterocycles. The van der Waals surface area contributed by atoms with Crippen LogP contribution in [-0.4, -0.2) is 24.0 Å². The van der Waals surface area contributed by atoms with Crippen LogP contribution in [0.15, 0.2) is 24.3 Å². The molecule has 1 aliphatic heterocycles. The summed E-state index contributed by atoms with van der Waals surface area (Å²) in [5, 5.41) is 0. The molecular weight excluding hydrogens is 232 g/mol. The molecule has 2 rings (SSSR count). The minimum absolute atomic E-state index is 0.423. The van der Waals surface area contributed by atoms with Gasteiger partial charge in [-0.05, 0) is 43.9 Å². The highest BCUT2D eigenvalue weighted by Crippen LogP contribution is 2.24. The van der Waals surface area contributed by atoms with Gasteiger partial charge in [-0.1, -0.05) is 37.0 Å². The van der Waals surface area contributed by atoms with Gasteiger partial charge in [-0.2, -0.15) is 0 Å². The number of likely N-dealkylation sites (tertiary alicyclic amines) is 1. The van der Waals surface area contributed by atoms with E-state index in [1.165, 1.54) is 24.9 Å². The van der Waals surface area contributed by atoms with Gasteiger partial charge in [0, 0.05) is 18.2 Å². The highest BCUT2D eigenvalue weighted by molar-refractivity contribution is 5.41. The molecule has 0 spiro atoms. The predicted octanol–water partition coefficient (Wildman–Crippen LogP) is 2.62. The minimum Gasteiger partial charge on any atom is -0.320 e. The monoisotopic (exact) mass is 256 g/mol. The molecule has 1 aromatic carbocycles. The Morgan fingerprint density at radius 2 is 2.11 bits per heavy atom. The summed E-state index contributed by atoms with van der Waals surface area (Å²) in [7, 11) is 0. The largest absolute Gasteiger partial charge is 0.320 e. The molecule has 2 atom stereocenters. The second-order valence-electron chi connectivity index (χ2n) is 5.61. The third kappa shape index (κ3) is 3.83. The van der Waals surface area contributed by atoms with Crippen molar-refractivity contribution in [1.29, 1.82) is 0 Å². The fourth-order valence-corrected chi connectivity index (χ4v) is 2.84. The average molecular weight is 256 g/mol. The number of hydrogen-bond acceptors (Lipinski definition) is 2. The fourth-order valence-electron chi connectivity index (χ4n) is 2.84. The van der Waals surface area contributed by atoms with Crippen molar-refractivity contribution in [1.82, 2.24) is 4.90 Å². The molecule has 0 bridgehead atoms. The molecule has 102 valence electrons.